The van der Waals surface area contributed by atoms with Crippen molar-refractivity contribution in [3.8, 4) is 0 Å². The van der Waals surface area contributed by atoms with E-state index in [1.165, 1.54) is 9.75 Å². The molecule has 1 aromatic heterocycles. The molecule has 120 valence electrons. The lowest BCUT2D eigenvalue weighted by Crippen LogP contribution is -2.31. The van der Waals surface area contributed by atoms with Crippen molar-refractivity contribution < 1.29 is 14.7 Å². The molecule has 0 bridgehead atoms. The Morgan fingerprint density at radius 3 is 2.74 bits per heavy atom. The molecule has 1 unspecified atom stereocenters. The minimum absolute atomic E-state index is 0.00878. The monoisotopic (exact) mass is 329 g/mol. The van der Waals surface area contributed by atoms with Crippen LogP contribution in [-0.4, -0.2) is 23.5 Å². The van der Waals surface area contributed by atoms with Gasteiger partial charge in [-0.2, -0.15) is 0 Å². The van der Waals surface area contributed by atoms with Gasteiger partial charge in [-0.15, -0.1) is 11.3 Å². The van der Waals surface area contributed by atoms with Gasteiger partial charge in [0.25, 0.3) is 0 Å². The molecule has 0 aliphatic carbocycles. The van der Waals surface area contributed by atoms with Crippen molar-refractivity contribution in [2.75, 3.05) is 11.4 Å². The normalized spacial score (nSPS) is 16.4. The number of carbonyl (C=O) groups is 2. The van der Waals surface area contributed by atoms with Gasteiger partial charge in [-0.1, -0.05) is 18.2 Å². The Balaban J connectivity index is 1.65. The highest BCUT2D eigenvalue weighted by atomic mass is 32.1. The van der Waals surface area contributed by atoms with Gasteiger partial charge < -0.3 is 10.0 Å². The maximum atomic E-state index is 12.5. The van der Waals surface area contributed by atoms with Gasteiger partial charge >= 0.3 is 5.97 Å². The first-order chi connectivity index (χ1) is 11.1. The van der Waals surface area contributed by atoms with Crippen LogP contribution in [0.4, 0.5) is 5.69 Å². The van der Waals surface area contributed by atoms with E-state index in [1.54, 1.807) is 22.3 Å². The number of hydrogen-bond donors (Lipinski definition) is 1. The number of aliphatic carboxylic acids is 1. The van der Waals surface area contributed by atoms with E-state index in [2.05, 4.69) is 19.1 Å². The molecule has 4 nitrogen and oxygen atoms in total. The fraction of sp³-hybridized carbons (Fsp3) is 0.333. The van der Waals surface area contributed by atoms with Crippen LogP contribution in [0.15, 0.2) is 36.4 Å². The van der Waals surface area contributed by atoms with Gasteiger partial charge in [0.05, 0.1) is 0 Å². The van der Waals surface area contributed by atoms with E-state index in [-0.39, 0.29) is 12.5 Å². The Morgan fingerprint density at radius 1 is 1.26 bits per heavy atom. The summed E-state index contributed by atoms with van der Waals surface area (Å²) in [6, 6.07) is 11.5. The van der Waals surface area contributed by atoms with Crippen LogP contribution in [0, 0.1) is 6.92 Å². The van der Waals surface area contributed by atoms with Crippen molar-refractivity contribution >= 4 is 28.9 Å². The zero-order valence-corrected chi connectivity index (χ0v) is 13.8. The lowest BCUT2D eigenvalue weighted by Gasteiger charge is -2.17. The average Bonchev–Trinajstić information content (AvgIpc) is 3.11. The number of benzene rings is 1. The topological polar surface area (TPSA) is 57.6 Å². The Bertz CT molecular complexity index is 737. The van der Waals surface area contributed by atoms with Crippen LogP contribution in [0.5, 0.6) is 0 Å². The van der Waals surface area contributed by atoms with Crippen LogP contribution < -0.4 is 4.90 Å². The van der Waals surface area contributed by atoms with Crippen molar-refractivity contribution in [2.24, 2.45) is 0 Å². The third-order valence-corrected chi connectivity index (χ3v) is 5.24. The maximum absolute atomic E-state index is 12.5. The van der Waals surface area contributed by atoms with Crippen molar-refractivity contribution in [3.63, 3.8) is 0 Å². The van der Waals surface area contributed by atoms with Gasteiger partial charge in [0.15, 0.2) is 0 Å². The summed E-state index contributed by atoms with van der Waals surface area (Å²) in [5.41, 5.74) is 1.49. The maximum Gasteiger partial charge on any atom is 0.312 e. The number of hydrogen-bond acceptors (Lipinski definition) is 3. The number of carboxylic acids is 1. The second kappa shape index (κ2) is 6.54. The van der Waals surface area contributed by atoms with Crippen molar-refractivity contribution in [3.05, 3.63) is 51.7 Å². The van der Waals surface area contributed by atoms with Crippen molar-refractivity contribution in [2.45, 2.75) is 32.1 Å². The minimum atomic E-state index is -0.873. The number of thiophene rings is 1. The molecule has 0 saturated carbocycles. The van der Waals surface area contributed by atoms with Crippen LogP contribution >= 0.6 is 11.3 Å². The average molecular weight is 329 g/mol. The van der Waals surface area contributed by atoms with Gasteiger partial charge in [0.1, 0.15) is 5.92 Å². The highest BCUT2D eigenvalue weighted by Crippen LogP contribution is 2.36. The molecule has 2 aromatic rings. The van der Waals surface area contributed by atoms with E-state index >= 15 is 0 Å². The third-order valence-electron chi connectivity index (χ3n) is 4.18. The molecule has 2 heterocycles. The first-order valence-corrected chi connectivity index (χ1v) is 8.55. The summed E-state index contributed by atoms with van der Waals surface area (Å²) in [6.07, 6.45) is 2.12. The number of rotatable bonds is 5. The fourth-order valence-electron chi connectivity index (χ4n) is 3.02. The first-order valence-electron chi connectivity index (χ1n) is 7.73. The lowest BCUT2D eigenvalue weighted by molar-refractivity contribution is -0.138. The number of aryl methyl sites for hydroxylation is 2. The van der Waals surface area contributed by atoms with Crippen LogP contribution in [0.1, 0.15) is 34.1 Å². The molecule has 1 atom stereocenters. The predicted molar refractivity (Wildman–Crippen MR) is 91.2 cm³/mol. The summed E-state index contributed by atoms with van der Waals surface area (Å²) in [6.45, 7) is 2.32. The minimum Gasteiger partial charge on any atom is -0.481 e. The second-order valence-electron chi connectivity index (χ2n) is 5.82. The zero-order valence-electron chi connectivity index (χ0n) is 13.0. The molecular weight excluding hydrogens is 310 g/mol. The summed E-state index contributed by atoms with van der Waals surface area (Å²) in [5.74, 6) is -1.48. The number of carboxylic acid groups (broad SMARTS) is 1. The summed E-state index contributed by atoms with van der Waals surface area (Å²) in [4.78, 5) is 28.1. The van der Waals surface area contributed by atoms with Crippen LogP contribution in [-0.2, 0) is 16.0 Å². The van der Waals surface area contributed by atoms with Crippen LogP contribution in [0.3, 0.4) is 0 Å². The fourth-order valence-corrected chi connectivity index (χ4v) is 3.95. The van der Waals surface area contributed by atoms with E-state index in [9.17, 15) is 14.7 Å². The number of carbonyl (C=O) groups excluding carboxylic acids is 1. The highest BCUT2D eigenvalue weighted by molar-refractivity contribution is 7.11. The third kappa shape index (κ3) is 3.29. The summed E-state index contributed by atoms with van der Waals surface area (Å²) >= 11 is 1.76. The van der Waals surface area contributed by atoms with Gasteiger partial charge in [-0.25, -0.2) is 0 Å². The summed E-state index contributed by atoms with van der Waals surface area (Å²) in [7, 11) is 0. The predicted octanol–water partition coefficient (Wildman–Crippen LogP) is 3.59. The molecule has 0 radical (unpaired) electrons. The van der Waals surface area contributed by atoms with E-state index < -0.39 is 11.9 Å². The molecule has 0 fully saturated rings. The summed E-state index contributed by atoms with van der Waals surface area (Å²) in [5, 5.41) is 9.35. The largest absolute Gasteiger partial charge is 0.481 e. The van der Waals surface area contributed by atoms with E-state index in [1.807, 2.05) is 18.2 Å². The van der Waals surface area contributed by atoms with Crippen LogP contribution in [0.25, 0.3) is 0 Å². The molecule has 1 amide bonds. The van der Waals surface area contributed by atoms with Gasteiger partial charge in [0.2, 0.25) is 5.91 Å². The number of amides is 1. The Kier molecular flexibility index (Phi) is 4.48. The molecule has 1 aromatic carbocycles. The SMILES string of the molecule is Cc1ccc(CCCC(=O)N2CC(C(=O)O)c3ccccc32)s1. The number of anilines is 1. The van der Waals surface area contributed by atoms with Gasteiger partial charge in [-0.3, -0.25) is 9.59 Å². The highest BCUT2D eigenvalue weighted by Gasteiger charge is 2.35. The lowest BCUT2D eigenvalue weighted by atomic mass is 10.0. The molecule has 1 aliphatic heterocycles. The zero-order chi connectivity index (χ0) is 16.4. The van der Waals surface area contributed by atoms with Crippen molar-refractivity contribution in [1.82, 2.24) is 0 Å². The van der Waals surface area contributed by atoms with E-state index in [4.69, 9.17) is 0 Å². The number of para-hydroxylation sites is 1. The molecule has 0 saturated heterocycles. The van der Waals surface area contributed by atoms with Crippen molar-refractivity contribution in [1.29, 1.82) is 0 Å². The molecule has 5 heteroatoms. The Hall–Kier alpha value is -2.14. The van der Waals surface area contributed by atoms with E-state index in [0.717, 1.165) is 24.1 Å². The van der Waals surface area contributed by atoms with Gasteiger partial charge in [-0.05, 0) is 43.5 Å². The molecule has 0 spiro atoms. The van der Waals surface area contributed by atoms with Crippen LogP contribution in [0.2, 0.25) is 0 Å². The van der Waals surface area contributed by atoms with E-state index in [0.29, 0.717) is 6.42 Å². The standard InChI is InChI=1S/C18H19NO3S/c1-12-9-10-13(23-12)5-4-8-17(20)19-11-15(18(21)22)14-6-2-3-7-16(14)19/h2-3,6-7,9-10,15H,4-5,8,11H2,1H3,(H,21,22). The molecule has 1 aliphatic rings. The quantitative estimate of drug-likeness (QED) is 0.912. The Morgan fingerprint density at radius 2 is 2.04 bits per heavy atom. The molecule has 3 rings (SSSR count). The summed E-state index contributed by atoms with van der Waals surface area (Å²) < 4.78 is 0. The Labute approximate surface area is 139 Å². The first kappa shape index (κ1) is 15.7. The van der Waals surface area contributed by atoms with Gasteiger partial charge in [0, 0.05) is 28.4 Å². The molecular formula is C18H19NO3S. The smallest absolute Gasteiger partial charge is 0.312 e. The number of fused-ring (bicyclic) bond motifs is 1. The molecule has 23 heavy (non-hydrogen) atoms. The number of nitrogens with zero attached hydrogens (tertiary/aromatic N) is 1. The second-order valence-corrected chi connectivity index (χ2v) is 7.19. The molecule has 1 N–H and O–H groups in total.